The third-order valence-electron chi connectivity index (χ3n) is 2.27. The van der Waals surface area contributed by atoms with Crippen LogP contribution in [0.4, 0.5) is 4.39 Å². The van der Waals surface area contributed by atoms with E-state index in [2.05, 4.69) is 21.2 Å². The molecule has 4 nitrogen and oxygen atoms in total. The van der Waals surface area contributed by atoms with Gasteiger partial charge < -0.3 is 15.2 Å². The van der Waals surface area contributed by atoms with Crippen LogP contribution >= 0.6 is 15.9 Å². The van der Waals surface area contributed by atoms with E-state index in [9.17, 15) is 14.3 Å². The van der Waals surface area contributed by atoms with Gasteiger partial charge in [-0.1, -0.05) is 6.07 Å². The first-order chi connectivity index (χ1) is 8.37. The lowest BCUT2D eigenvalue weighted by atomic mass is 10.1. The predicted molar refractivity (Wildman–Crippen MR) is 68.9 cm³/mol. The number of nitrogens with one attached hydrogen (secondary N) is 1. The fourth-order valence-electron chi connectivity index (χ4n) is 1.44. The summed E-state index contributed by atoms with van der Waals surface area (Å²) in [4.78, 5) is 11.8. The van der Waals surface area contributed by atoms with Crippen LogP contribution in [-0.2, 0) is 4.74 Å². The summed E-state index contributed by atoms with van der Waals surface area (Å²) >= 11 is 3.11. The maximum absolute atomic E-state index is 13.5. The highest BCUT2D eigenvalue weighted by atomic mass is 79.9. The topological polar surface area (TPSA) is 58.6 Å². The van der Waals surface area contributed by atoms with E-state index in [0.717, 1.165) is 0 Å². The molecule has 1 rings (SSSR count). The molecule has 0 saturated heterocycles. The van der Waals surface area contributed by atoms with Crippen LogP contribution in [0.2, 0.25) is 0 Å². The second kappa shape index (κ2) is 6.26. The van der Waals surface area contributed by atoms with Crippen LogP contribution < -0.4 is 5.32 Å². The zero-order valence-electron chi connectivity index (χ0n) is 10.2. The fraction of sp³-hybridized carbons (Fsp3) is 0.417. The zero-order valence-corrected chi connectivity index (χ0v) is 11.8. The maximum Gasteiger partial charge on any atom is 0.255 e. The van der Waals surface area contributed by atoms with Crippen molar-refractivity contribution >= 4 is 21.8 Å². The lowest BCUT2D eigenvalue weighted by Crippen LogP contribution is -2.44. The van der Waals surface area contributed by atoms with Gasteiger partial charge in [-0.15, -0.1) is 0 Å². The molecule has 100 valence electrons. The van der Waals surface area contributed by atoms with Crippen molar-refractivity contribution in [3.63, 3.8) is 0 Å². The summed E-state index contributed by atoms with van der Waals surface area (Å²) in [5.41, 5.74) is -1.27. The van der Waals surface area contributed by atoms with Gasteiger partial charge in [-0.2, -0.15) is 0 Å². The number of rotatable bonds is 5. The standard InChI is InChI=1S/C12H15BrFNO3/c1-12(17,7-18-2)6-15-11(16)10-8(13)4-3-5-9(10)14/h3-5,17H,6-7H2,1-2H3,(H,15,16). The number of carbonyl (C=O) groups excluding carboxylic acids is 1. The molecule has 2 N–H and O–H groups in total. The molecule has 0 heterocycles. The van der Waals surface area contributed by atoms with Crippen LogP contribution in [0.1, 0.15) is 17.3 Å². The van der Waals surface area contributed by atoms with E-state index in [-0.39, 0.29) is 18.7 Å². The molecule has 0 fully saturated rings. The van der Waals surface area contributed by atoms with Crippen molar-refractivity contribution in [2.75, 3.05) is 20.3 Å². The monoisotopic (exact) mass is 319 g/mol. The van der Waals surface area contributed by atoms with Crippen molar-refractivity contribution < 1.29 is 19.0 Å². The molecule has 0 aliphatic carbocycles. The van der Waals surface area contributed by atoms with E-state index in [0.29, 0.717) is 4.47 Å². The number of halogens is 2. The number of aliphatic hydroxyl groups is 1. The fourth-order valence-corrected chi connectivity index (χ4v) is 1.96. The van der Waals surface area contributed by atoms with Crippen molar-refractivity contribution in [2.24, 2.45) is 0 Å². The number of benzene rings is 1. The number of ether oxygens (including phenoxy) is 1. The minimum absolute atomic E-state index is 0.0273. The molecule has 0 bridgehead atoms. The van der Waals surface area contributed by atoms with Crippen LogP contribution in [0.25, 0.3) is 0 Å². The van der Waals surface area contributed by atoms with Crippen molar-refractivity contribution in [1.82, 2.24) is 5.32 Å². The van der Waals surface area contributed by atoms with Crippen molar-refractivity contribution in [2.45, 2.75) is 12.5 Å². The molecule has 1 aromatic carbocycles. The SMILES string of the molecule is COCC(C)(O)CNC(=O)c1c(F)cccc1Br. The van der Waals surface area contributed by atoms with Gasteiger partial charge in [0.15, 0.2) is 0 Å². The summed E-state index contributed by atoms with van der Waals surface area (Å²) in [6, 6.07) is 4.27. The molecule has 1 atom stereocenters. The number of methoxy groups -OCH3 is 1. The number of hydrogen-bond donors (Lipinski definition) is 2. The molecular weight excluding hydrogens is 305 g/mol. The molecule has 0 radical (unpaired) electrons. The predicted octanol–water partition coefficient (Wildman–Crippen LogP) is 1.72. The lowest BCUT2D eigenvalue weighted by molar-refractivity contribution is -0.0147. The second-order valence-electron chi connectivity index (χ2n) is 4.21. The van der Waals surface area contributed by atoms with Gasteiger partial charge in [0, 0.05) is 18.1 Å². The minimum atomic E-state index is -1.19. The third kappa shape index (κ3) is 4.04. The molecule has 0 aromatic heterocycles. The Morgan fingerprint density at radius 2 is 2.28 bits per heavy atom. The number of carbonyl (C=O) groups is 1. The van der Waals surface area contributed by atoms with Crippen LogP contribution in [0, 0.1) is 5.82 Å². The molecule has 1 amide bonds. The lowest BCUT2D eigenvalue weighted by Gasteiger charge is -2.22. The average molecular weight is 320 g/mol. The molecule has 0 aliphatic rings. The Balaban J connectivity index is 2.72. The molecule has 0 saturated carbocycles. The van der Waals surface area contributed by atoms with Gasteiger partial charge in [-0.05, 0) is 35.0 Å². The molecule has 1 unspecified atom stereocenters. The van der Waals surface area contributed by atoms with Gasteiger partial charge in [0.1, 0.15) is 11.4 Å². The Bertz CT molecular complexity index is 417. The highest BCUT2D eigenvalue weighted by Gasteiger charge is 2.23. The highest BCUT2D eigenvalue weighted by Crippen LogP contribution is 2.19. The summed E-state index contributed by atoms with van der Waals surface area (Å²) in [5.74, 6) is -1.20. The van der Waals surface area contributed by atoms with E-state index in [1.807, 2.05) is 0 Å². The summed E-state index contributed by atoms with van der Waals surface area (Å²) in [5, 5.41) is 12.3. The van der Waals surface area contributed by atoms with Crippen molar-refractivity contribution in [1.29, 1.82) is 0 Å². The zero-order chi connectivity index (χ0) is 13.8. The summed E-state index contributed by atoms with van der Waals surface area (Å²) < 4.78 is 18.7. The minimum Gasteiger partial charge on any atom is -0.386 e. The number of amides is 1. The largest absolute Gasteiger partial charge is 0.386 e. The van der Waals surface area contributed by atoms with E-state index in [1.165, 1.54) is 26.2 Å². The average Bonchev–Trinajstić information content (AvgIpc) is 2.26. The molecule has 6 heteroatoms. The Hall–Kier alpha value is -0.980. The highest BCUT2D eigenvalue weighted by molar-refractivity contribution is 9.10. The van der Waals surface area contributed by atoms with Gasteiger partial charge in [-0.25, -0.2) is 4.39 Å². The van der Waals surface area contributed by atoms with Gasteiger partial charge in [0.25, 0.3) is 5.91 Å². The van der Waals surface area contributed by atoms with Crippen LogP contribution in [0.15, 0.2) is 22.7 Å². The maximum atomic E-state index is 13.5. The molecule has 1 aromatic rings. The Morgan fingerprint density at radius 1 is 1.61 bits per heavy atom. The summed E-state index contributed by atoms with van der Waals surface area (Å²) in [6.45, 7) is 1.57. The van der Waals surface area contributed by atoms with E-state index in [1.54, 1.807) is 6.07 Å². The smallest absolute Gasteiger partial charge is 0.255 e. The quantitative estimate of drug-likeness (QED) is 0.868. The van der Waals surface area contributed by atoms with Gasteiger partial charge in [-0.3, -0.25) is 4.79 Å². The Morgan fingerprint density at radius 3 is 2.83 bits per heavy atom. The first kappa shape index (κ1) is 15.1. The van der Waals surface area contributed by atoms with Gasteiger partial charge >= 0.3 is 0 Å². The molecule has 18 heavy (non-hydrogen) atoms. The van der Waals surface area contributed by atoms with Crippen molar-refractivity contribution in [3.8, 4) is 0 Å². The van der Waals surface area contributed by atoms with Gasteiger partial charge in [0.2, 0.25) is 0 Å². The normalized spacial score (nSPS) is 14.1. The molecule has 0 spiro atoms. The summed E-state index contributed by atoms with van der Waals surface area (Å²) in [7, 11) is 1.45. The van der Waals surface area contributed by atoms with Crippen molar-refractivity contribution in [3.05, 3.63) is 34.1 Å². The number of hydrogen-bond acceptors (Lipinski definition) is 3. The van der Waals surface area contributed by atoms with E-state index >= 15 is 0 Å². The van der Waals surface area contributed by atoms with Crippen LogP contribution in [0.5, 0.6) is 0 Å². The van der Waals surface area contributed by atoms with Gasteiger partial charge in [0.05, 0.1) is 12.2 Å². The Labute approximate surface area is 113 Å². The summed E-state index contributed by atoms with van der Waals surface area (Å²) in [6.07, 6.45) is 0. The van der Waals surface area contributed by atoms with E-state index < -0.39 is 17.3 Å². The second-order valence-corrected chi connectivity index (χ2v) is 5.06. The first-order valence-corrected chi connectivity index (χ1v) is 6.10. The van der Waals surface area contributed by atoms with Crippen LogP contribution in [-0.4, -0.2) is 36.9 Å². The molecule has 0 aliphatic heterocycles. The van der Waals surface area contributed by atoms with E-state index in [4.69, 9.17) is 4.74 Å². The third-order valence-corrected chi connectivity index (χ3v) is 2.94. The van der Waals surface area contributed by atoms with Crippen LogP contribution in [0.3, 0.4) is 0 Å². The first-order valence-electron chi connectivity index (χ1n) is 5.31. The molecular formula is C12H15BrFNO3. The Kier molecular flexibility index (Phi) is 5.25.